The molecule has 1 aromatic carbocycles. The number of rotatable bonds is 3. The number of benzene rings is 1. The summed E-state index contributed by atoms with van der Waals surface area (Å²) in [5.41, 5.74) is 5.99. The van der Waals surface area contributed by atoms with Gasteiger partial charge in [-0.05, 0) is 12.1 Å². The van der Waals surface area contributed by atoms with E-state index in [0.717, 1.165) is 0 Å². The van der Waals surface area contributed by atoms with Crippen molar-refractivity contribution in [1.82, 2.24) is 19.5 Å². The lowest BCUT2D eigenvalue weighted by Gasteiger charge is -2.08. The van der Waals surface area contributed by atoms with Crippen LogP contribution in [0.1, 0.15) is 36.1 Å². The molecule has 25 heavy (non-hydrogen) atoms. The van der Waals surface area contributed by atoms with Crippen molar-refractivity contribution >= 4 is 17.1 Å². The number of H-pyrrole nitrogens is 1. The van der Waals surface area contributed by atoms with Crippen LogP contribution >= 0.6 is 0 Å². The molecule has 128 valence electrons. The Bertz CT molecular complexity index is 1070. The third-order valence-electron chi connectivity index (χ3n) is 3.92. The zero-order valence-electron chi connectivity index (χ0n) is 13.6. The Balaban J connectivity index is 2.02. The lowest BCUT2D eigenvalue weighted by molar-refractivity contribution is 0.0996. The van der Waals surface area contributed by atoms with Gasteiger partial charge in [-0.2, -0.15) is 0 Å². The smallest absolute Gasteiger partial charge is 0.332 e. The monoisotopic (exact) mass is 341 g/mol. The Morgan fingerprint density at radius 2 is 2.04 bits per heavy atom. The summed E-state index contributed by atoms with van der Waals surface area (Å²) < 4.78 is 12.0. The number of primary amides is 1. The van der Waals surface area contributed by atoms with Gasteiger partial charge >= 0.3 is 5.69 Å². The molecule has 0 bridgehead atoms. The third kappa shape index (κ3) is 2.32. The van der Waals surface area contributed by atoms with E-state index in [4.69, 9.17) is 15.2 Å². The van der Waals surface area contributed by atoms with E-state index in [9.17, 15) is 9.59 Å². The zero-order valence-corrected chi connectivity index (χ0v) is 13.6. The molecule has 9 nitrogen and oxygen atoms in total. The Morgan fingerprint density at radius 1 is 1.28 bits per heavy atom. The van der Waals surface area contributed by atoms with Crippen molar-refractivity contribution < 1.29 is 14.3 Å². The summed E-state index contributed by atoms with van der Waals surface area (Å²) in [6.07, 6.45) is 0. The summed E-state index contributed by atoms with van der Waals surface area (Å²) in [6.45, 7) is 3.91. The van der Waals surface area contributed by atoms with E-state index in [1.165, 1.54) is 4.57 Å². The summed E-state index contributed by atoms with van der Waals surface area (Å²) in [4.78, 5) is 35.5. The van der Waals surface area contributed by atoms with Gasteiger partial charge in [-0.25, -0.2) is 19.3 Å². The maximum Gasteiger partial charge on any atom is 0.332 e. The van der Waals surface area contributed by atoms with Gasteiger partial charge in [0.05, 0.1) is 5.69 Å². The van der Waals surface area contributed by atoms with E-state index in [1.807, 2.05) is 13.8 Å². The van der Waals surface area contributed by atoms with Crippen LogP contribution in [0.4, 0.5) is 0 Å². The van der Waals surface area contributed by atoms with E-state index in [0.29, 0.717) is 23.0 Å². The standard InChI is InChI=1S/C16H15N5O4/c1-7(2)14-18-11(13(17)22)12-15(20-14)21(16(23)19-12)8-3-4-9-10(5-8)25-6-24-9/h3-5,7H,6H2,1-2H3,(H2,17,22)(H,19,23). The molecule has 0 saturated carbocycles. The number of amides is 1. The summed E-state index contributed by atoms with van der Waals surface area (Å²) >= 11 is 0. The first-order valence-electron chi connectivity index (χ1n) is 7.68. The number of carbonyl (C=O) groups is 1. The van der Waals surface area contributed by atoms with Crippen LogP contribution in [-0.4, -0.2) is 32.2 Å². The number of nitrogens with two attached hydrogens (primary N) is 1. The molecular formula is C16H15N5O4. The lowest BCUT2D eigenvalue weighted by atomic mass is 10.2. The van der Waals surface area contributed by atoms with Gasteiger partial charge in [0.15, 0.2) is 22.8 Å². The first kappa shape index (κ1) is 15.2. The van der Waals surface area contributed by atoms with Crippen LogP contribution in [0.2, 0.25) is 0 Å². The van der Waals surface area contributed by atoms with E-state index in [1.54, 1.807) is 18.2 Å². The molecule has 3 aromatic rings. The molecule has 3 heterocycles. The predicted octanol–water partition coefficient (Wildman–Crippen LogP) is 1.06. The molecule has 1 amide bonds. The second kappa shape index (κ2) is 5.33. The molecule has 4 rings (SSSR count). The van der Waals surface area contributed by atoms with Crippen LogP contribution in [0, 0.1) is 0 Å². The number of fused-ring (bicyclic) bond motifs is 2. The molecule has 0 atom stereocenters. The SMILES string of the molecule is CC(C)c1nc(C(N)=O)c2[nH]c(=O)n(-c3ccc4c(c3)OCO4)c2n1. The number of hydrogen-bond acceptors (Lipinski definition) is 6. The molecule has 0 radical (unpaired) electrons. The Labute approximate surface area is 141 Å². The van der Waals surface area contributed by atoms with E-state index < -0.39 is 11.6 Å². The quantitative estimate of drug-likeness (QED) is 0.734. The fourth-order valence-corrected chi connectivity index (χ4v) is 2.70. The van der Waals surface area contributed by atoms with Crippen LogP contribution < -0.4 is 20.9 Å². The highest BCUT2D eigenvalue weighted by atomic mass is 16.7. The predicted molar refractivity (Wildman–Crippen MR) is 88.2 cm³/mol. The fourth-order valence-electron chi connectivity index (χ4n) is 2.70. The minimum Gasteiger partial charge on any atom is -0.454 e. The molecular weight excluding hydrogens is 326 g/mol. The minimum atomic E-state index is -0.728. The van der Waals surface area contributed by atoms with Crippen molar-refractivity contribution in [1.29, 1.82) is 0 Å². The molecule has 1 aliphatic rings. The first-order valence-corrected chi connectivity index (χ1v) is 7.68. The Morgan fingerprint density at radius 3 is 2.76 bits per heavy atom. The lowest BCUT2D eigenvalue weighted by Crippen LogP contribution is -2.16. The number of carbonyl (C=O) groups excluding carboxylic acids is 1. The number of ether oxygens (including phenoxy) is 2. The van der Waals surface area contributed by atoms with Crippen molar-refractivity contribution in [3.63, 3.8) is 0 Å². The van der Waals surface area contributed by atoms with Gasteiger partial charge in [-0.3, -0.25) is 4.79 Å². The topological polar surface area (TPSA) is 125 Å². The normalized spacial score (nSPS) is 12.9. The minimum absolute atomic E-state index is 0.00899. The zero-order chi connectivity index (χ0) is 17.7. The van der Waals surface area contributed by atoms with Gasteiger partial charge in [0.25, 0.3) is 5.91 Å². The van der Waals surface area contributed by atoms with E-state index >= 15 is 0 Å². The van der Waals surface area contributed by atoms with Crippen molar-refractivity contribution in [2.45, 2.75) is 19.8 Å². The highest BCUT2D eigenvalue weighted by molar-refractivity contribution is 6.01. The summed E-state index contributed by atoms with van der Waals surface area (Å²) in [5.74, 6) is 0.792. The number of imidazole rings is 1. The Hall–Kier alpha value is -3.36. The molecule has 0 unspecified atom stereocenters. The summed E-state index contributed by atoms with van der Waals surface area (Å²) in [6, 6.07) is 5.10. The van der Waals surface area contributed by atoms with Crippen molar-refractivity contribution in [3.05, 3.63) is 40.2 Å². The van der Waals surface area contributed by atoms with E-state index in [2.05, 4.69) is 15.0 Å². The largest absolute Gasteiger partial charge is 0.454 e. The number of nitrogens with one attached hydrogen (secondary N) is 1. The van der Waals surface area contributed by atoms with Gasteiger partial charge in [-0.1, -0.05) is 13.8 Å². The van der Waals surface area contributed by atoms with Crippen LogP contribution in [0.5, 0.6) is 11.5 Å². The first-order chi connectivity index (χ1) is 12.0. The van der Waals surface area contributed by atoms with Gasteiger partial charge < -0.3 is 20.2 Å². The number of aromatic amines is 1. The molecule has 2 aromatic heterocycles. The average Bonchev–Trinajstić information content (AvgIpc) is 3.15. The highest BCUT2D eigenvalue weighted by Crippen LogP contribution is 2.34. The van der Waals surface area contributed by atoms with Crippen LogP contribution in [0.3, 0.4) is 0 Å². The van der Waals surface area contributed by atoms with Crippen molar-refractivity contribution in [2.75, 3.05) is 6.79 Å². The van der Waals surface area contributed by atoms with Crippen molar-refractivity contribution in [3.8, 4) is 17.2 Å². The molecule has 9 heteroatoms. The Kier molecular flexibility index (Phi) is 3.24. The number of hydrogen-bond donors (Lipinski definition) is 2. The van der Waals surface area contributed by atoms with Gasteiger partial charge in [0.1, 0.15) is 11.3 Å². The molecule has 0 fully saturated rings. The van der Waals surface area contributed by atoms with Crippen LogP contribution in [0.15, 0.2) is 23.0 Å². The second-order valence-corrected chi connectivity index (χ2v) is 5.95. The molecule has 0 aliphatic carbocycles. The molecule has 3 N–H and O–H groups in total. The third-order valence-corrected chi connectivity index (χ3v) is 3.92. The van der Waals surface area contributed by atoms with E-state index in [-0.39, 0.29) is 29.6 Å². The number of aromatic nitrogens is 4. The molecule has 1 aliphatic heterocycles. The van der Waals surface area contributed by atoms with Gasteiger partial charge in [0.2, 0.25) is 6.79 Å². The summed E-state index contributed by atoms with van der Waals surface area (Å²) in [5, 5.41) is 0. The maximum atomic E-state index is 12.5. The van der Waals surface area contributed by atoms with Crippen LogP contribution in [-0.2, 0) is 0 Å². The van der Waals surface area contributed by atoms with Gasteiger partial charge in [0, 0.05) is 12.0 Å². The number of nitrogens with zero attached hydrogens (tertiary/aromatic N) is 3. The second-order valence-electron chi connectivity index (χ2n) is 5.95. The van der Waals surface area contributed by atoms with Crippen LogP contribution in [0.25, 0.3) is 16.9 Å². The maximum absolute atomic E-state index is 12.5. The summed E-state index contributed by atoms with van der Waals surface area (Å²) in [7, 11) is 0. The fraction of sp³-hybridized carbons (Fsp3) is 0.250. The highest BCUT2D eigenvalue weighted by Gasteiger charge is 2.22. The molecule has 0 saturated heterocycles. The molecule has 0 spiro atoms. The van der Waals surface area contributed by atoms with Crippen molar-refractivity contribution in [2.24, 2.45) is 5.73 Å². The average molecular weight is 341 g/mol. The van der Waals surface area contributed by atoms with Gasteiger partial charge in [-0.15, -0.1) is 0 Å².